The number of halogens is 3. The Labute approximate surface area is 235 Å². The first kappa shape index (κ1) is 30.5. The topological polar surface area (TPSA) is 12.5 Å². The maximum Gasteiger partial charge on any atom is 0.416 e. The molecule has 0 heterocycles. The van der Waals surface area contributed by atoms with Gasteiger partial charge in [0.05, 0.1) is 17.9 Å². The number of benzene rings is 1. The summed E-state index contributed by atoms with van der Waals surface area (Å²) in [6.45, 7) is 7.06. The van der Waals surface area contributed by atoms with Gasteiger partial charge in [-0.25, -0.2) is 0 Å². The molecule has 3 aliphatic carbocycles. The normalized spacial score (nSPS) is 26.2. The molecule has 4 rings (SSSR count). The lowest BCUT2D eigenvalue weighted by atomic mass is 9.72. The number of hydrogen-bond acceptors (Lipinski definition) is 2. The maximum atomic E-state index is 13.4. The second kappa shape index (κ2) is 14.9. The van der Waals surface area contributed by atoms with E-state index in [0.717, 1.165) is 61.9 Å². The third-order valence-electron chi connectivity index (χ3n) is 9.97. The zero-order valence-corrected chi connectivity index (χ0v) is 24.5. The van der Waals surface area contributed by atoms with Gasteiger partial charge in [0.1, 0.15) is 0 Å². The van der Waals surface area contributed by atoms with Crippen LogP contribution in [-0.2, 0) is 10.9 Å². The Morgan fingerprint density at radius 3 is 2.10 bits per heavy atom. The molecule has 0 radical (unpaired) electrons. The Morgan fingerprint density at radius 1 is 0.872 bits per heavy atom. The van der Waals surface area contributed by atoms with Crippen LogP contribution in [-0.4, -0.2) is 30.6 Å². The van der Waals surface area contributed by atoms with Crippen LogP contribution in [0.25, 0.3) is 0 Å². The molecule has 0 amide bonds. The number of hydrogen-bond donors (Lipinski definition) is 0. The summed E-state index contributed by atoms with van der Waals surface area (Å²) in [7, 11) is 0. The van der Waals surface area contributed by atoms with E-state index in [1.165, 1.54) is 82.8 Å². The summed E-state index contributed by atoms with van der Waals surface area (Å²) in [4.78, 5) is 2.82. The molecule has 1 aromatic rings. The van der Waals surface area contributed by atoms with E-state index >= 15 is 0 Å². The molecule has 3 saturated carbocycles. The predicted octanol–water partition coefficient (Wildman–Crippen LogP) is 10.1. The van der Waals surface area contributed by atoms with Crippen molar-refractivity contribution in [3.63, 3.8) is 0 Å². The van der Waals surface area contributed by atoms with E-state index in [4.69, 9.17) is 4.74 Å². The van der Waals surface area contributed by atoms with Gasteiger partial charge in [0.25, 0.3) is 0 Å². The monoisotopic (exact) mass is 547 g/mol. The molecule has 39 heavy (non-hydrogen) atoms. The quantitative estimate of drug-likeness (QED) is 0.256. The molecular formula is C34H52F3NO. The van der Waals surface area contributed by atoms with Gasteiger partial charge in [-0.3, -0.25) is 4.90 Å². The number of ether oxygens (including phenoxy) is 1. The molecule has 0 spiro atoms. The highest BCUT2D eigenvalue weighted by atomic mass is 19.4. The van der Waals surface area contributed by atoms with Crippen molar-refractivity contribution in [1.82, 2.24) is 4.90 Å². The lowest BCUT2D eigenvalue weighted by Gasteiger charge is -2.45. The summed E-state index contributed by atoms with van der Waals surface area (Å²) in [6, 6.07) is 6.58. The zero-order valence-electron chi connectivity index (χ0n) is 24.5. The third-order valence-corrected chi connectivity index (χ3v) is 9.97. The van der Waals surface area contributed by atoms with E-state index in [-0.39, 0.29) is 5.92 Å². The van der Waals surface area contributed by atoms with Crippen molar-refractivity contribution in [3.05, 3.63) is 47.2 Å². The minimum atomic E-state index is -4.29. The SMILES string of the molecule is C/C=C(/CC1CCC(N(CCC2CCCCC2)CC2CCCCC2)C(c2ccc(C(F)(F)F)cc2)C1)OCC. The average molecular weight is 548 g/mol. The minimum Gasteiger partial charge on any atom is -0.499 e. The maximum absolute atomic E-state index is 13.4. The minimum absolute atomic E-state index is 0.265. The smallest absolute Gasteiger partial charge is 0.416 e. The van der Waals surface area contributed by atoms with Crippen molar-refractivity contribution >= 4 is 0 Å². The van der Waals surface area contributed by atoms with Gasteiger partial charge in [0.15, 0.2) is 0 Å². The van der Waals surface area contributed by atoms with Crippen molar-refractivity contribution < 1.29 is 17.9 Å². The highest BCUT2D eigenvalue weighted by Crippen LogP contribution is 2.43. The van der Waals surface area contributed by atoms with Crippen LogP contribution in [0.5, 0.6) is 0 Å². The molecule has 0 aliphatic heterocycles. The Hall–Kier alpha value is -1.49. The molecule has 0 aromatic heterocycles. The van der Waals surface area contributed by atoms with Gasteiger partial charge >= 0.3 is 6.18 Å². The molecule has 2 nitrogen and oxygen atoms in total. The second-order valence-corrected chi connectivity index (χ2v) is 12.7. The zero-order chi connectivity index (χ0) is 27.7. The van der Waals surface area contributed by atoms with Crippen LogP contribution in [0, 0.1) is 17.8 Å². The molecule has 3 fully saturated rings. The van der Waals surface area contributed by atoms with Gasteiger partial charge in [-0.15, -0.1) is 0 Å². The molecule has 3 aliphatic rings. The van der Waals surface area contributed by atoms with E-state index in [1.54, 1.807) is 12.1 Å². The van der Waals surface area contributed by atoms with E-state index in [1.807, 2.05) is 13.8 Å². The Bertz CT molecular complexity index is 867. The highest BCUT2D eigenvalue weighted by molar-refractivity contribution is 5.29. The first-order valence-corrected chi connectivity index (χ1v) is 16.1. The molecular weight excluding hydrogens is 495 g/mol. The molecule has 0 N–H and O–H groups in total. The van der Waals surface area contributed by atoms with Crippen molar-refractivity contribution in [3.8, 4) is 0 Å². The molecule has 3 unspecified atom stereocenters. The van der Waals surface area contributed by atoms with Gasteiger partial charge in [-0.2, -0.15) is 13.2 Å². The first-order valence-electron chi connectivity index (χ1n) is 16.1. The molecule has 220 valence electrons. The van der Waals surface area contributed by atoms with Crippen LogP contribution in [0.15, 0.2) is 36.1 Å². The summed E-state index contributed by atoms with van der Waals surface area (Å²) in [5.74, 6) is 3.44. The highest BCUT2D eigenvalue weighted by Gasteiger charge is 2.37. The van der Waals surface area contributed by atoms with Gasteiger partial charge in [0, 0.05) is 19.0 Å². The van der Waals surface area contributed by atoms with Gasteiger partial charge in [-0.1, -0.05) is 63.5 Å². The van der Waals surface area contributed by atoms with Crippen LogP contribution in [0.4, 0.5) is 13.2 Å². The molecule has 3 atom stereocenters. The molecule has 5 heteroatoms. The van der Waals surface area contributed by atoms with Crippen LogP contribution in [0.3, 0.4) is 0 Å². The van der Waals surface area contributed by atoms with E-state index < -0.39 is 11.7 Å². The lowest BCUT2D eigenvalue weighted by Crippen LogP contribution is -2.46. The van der Waals surface area contributed by atoms with Gasteiger partial charge in [0.2, 0.25) is 0 Å². The van der Waals surface area contributed by atoms with Crippen molar-refractivity contribution in [2.45, 2.75) is 128 Å². The van der Waals surface area contributed by atoms with Gasteiger partial charge < -0.3 is 4.74 Å². The average Bonchev–Trinajstić information content (AvgIpc) is 2.96. The standard InChI is InChI=1S/C34H52F3NO/c1-3-31(39-4-2)23-28-15-20-33(32(24-28)29-16-18-30(19-17-29)34(35,36)37)38(25-27-13-9-6-10-14-27)22-21-26-11-7-5-8-12-26/h3,16-19,26-28,32-33H,4-15,20-25H2,1-2H3/b31-3-. The van der Waals surface area contributed by atoms with Crippen molar-refractivity contribution in [1.29, 1.82) is 0 Å². The summed E-state index contributed by atoms with van der Waals surface area (Å²) < 4.78 is 46.1. The van der Waals surface area contributed by atoms with E-state index in [2.05, 4.69) is 11.0 Å². The Balaban J connectivity index is 1.56. The Kier molecular flexibility index (Phi) is 11.7. The van der Waals surface area contributed by atoms with Crippen LogP contribution in [0.2, 0.25) is 0 Å². The van der Waals surface area contributed by atoms with Crippen molar-refractivity contribution in [2.75, 3.05) is 19.7 Å². The number of allylic oxidation sites excluding steroid dienone is 2. The molecule has 0 bridgehead atoms. The second-order valence-electron chi connectivity index (χ2n) is 12.7. The van der Waals surface area contributed by atoms with Crippen LogP contribution in [0.1, 0.15) is 127 Å². The summed E-state index contributed by atoms with van der Waals surface area (Å²) in [5, 5.41) is 0. The summed E-state index contributed by atoms with van der Waals surface area (Å²) in [6.07, 6.45) is 16.9. The van der Waals surface area contributed by atoms with Gasteiger partial charge in [-0.05, 0) is 106 Å². The predicted molar refractivity (Wildman–Crippen MR) is 155 cm³/mol. The largest absolute Gasteiger partial charge is 0.499 e. The number of rotatable bonds is 11. The fourth-order valence-electron chi connectivity index (χ4n) is 7.79. The van der Waals surface area contributed by atoms with Crippen LogP contribution >= 0.6 is 0 Å². The summed E-state index contributed by atoms with van der Waals surface area (Å²) in [5.41, 5.74) is 0.543. The lowest BCUT2D eigenvalue weighted by molar-refractivity contribution is -0.137. The Morgan fingerprint density at radius 2 is 1.51 bits per heavy atom. The number of alkyl halides is 3. The van der Waals surface area contributed by atoms with E-state index in [9.17, 15) is 13.2 Å². The first-order chi connectivity index (χ1) is 18.9. The van der Waals surface area contributed by atoms with Crippen LogP contribution < -0.4 is 0 Å². The van der Waals surface area contributed by atoms with E-state index in [0.29, 0.717) is 18.6 Å². The summed E-state index contributed by atoms with van der Waals surface area (Å²) >= 11 is 0. The third kappa shape index (κ3) is 9.00. The molecule has 1 aromatic carbocycles. The fourth-order valence-corrected chi connectivity index (χ4v) is 7.79. The number of nitrogens with zero attached hydrogens (tertiary/aromatic N) is 1. The fraction of sp³-hybridized carbons (Fsp3) is 0.765. The van der Waals surface area contributed by atoms with Crippen molar-refractivity contribution in [2.24, 2.45) is 17.8 Å². The molecule has 0 saturated heterocycles.